The molecule has 70 valence electrons. The van der Waals surface area contributed by atoms with Crippen LogP contribution in [0.25, 0.3) is 0 Å². The minimum Gasteiger partial charge on any atom is -0.380 e. The molecule has 0 fully saturated rings. The topological polar surface area (TPSA) is 45.9 Å². The fourth-order valence-electron chi connectivity index (χ4n) is 0.951. The molecule has 0 saturated heterocycles. The van der Waals surface area contributed by atoms with Crippen molar-refractivity contribution in [2.24, 2.45) is 0 Å². The van der Waals surface area contributed by atoms with Crippen molar-refractivity contribution in [3.8, 4) is 6.07 Å². The number of ether oxygens (including phenoxy) is 1. The largest absolute Gasteiger partial charge is 0.380 e. The Hall–Kier alpha value is -0.920. The molecule has 0 aliphatic heterocycles. The van der Waals surface area contributed by atoms with Crippen molar-refractivity contribution in [2.75, 3.05) is 13.2 Å². The number of nitrogens with zero attached hydrogens (tertiary/aromatic N) is 2. The van der Waals surface area contributed by atoms with E-state index in [0.717, 1.165) is 12.1 Å². The molecule has 0 aliphatic rings. The van der Waals surface area contributed by atoms with Crippen LogP contribution < -0.4 is 0 Å². The Balaban J connectivity index is 2.14. The molecule has 0 spiro atoms. The highest BCUT2D eigenvalue weighted by molar-refractivity contribution is 7.09. The van der Waals surface area contributed by atoms with E-state index >= 15 is 0 Å². The SMILES string of the molecule is Cc1ncsc1CCOCCC#N. The zero-order valence-electron chi connectivity index (χ0n) is 7.62. The predicted molar refractivity (Wildman–Crippen MR) is 51.6 cm³/mol. The van der Waals surface area contributed by atoms with Gasteiger partial charge in [-0.15, -0.1) is 11.3 Å². The maximum Gasteiger partial charge on any atom is 0.0797 e. The van der Waals surface area contributed by atoms with Crippen LogP contribution in [0.1, 0.15) is 17.0 Å². The molecule has 4 heteroatoms. The number of nitriles is 1. The molecule has 0 saturated carbocycles. The number of hydrogen-bond donors (Lipinski definition) is 0. The summed E-state index contributed by atoms with van der Waals surface area (Å²) < 4.78 is 5.26. The average molecular weight is 196 g/mol. The van der Waals surface area contributed by atoms with Crippen LogP contribution in [0.3, 0.4) is 0 Å². The monoisotopic (exact) mass is 196 g/mol. The third-order valence-corrected chi connectivity index (χ3v) is 2.67. The molecule has 13 heavy (non-hydrogen) atoms. The van der Waals surface area contributed by atoms with Gasteiger partial charge in [0, 0.05) is 11.3 Å². The summed E-state index contributed by atoms with van der Waals surface area (Å²) in [4.78, 5) is 5.42. The summed E-state index contributed by atoms with van der Waals surface area (Å²) in [6, 6.07) is 2.04. The predicted octanol–water partition coefficient (Wildman–Crippen LogP) is 1.92. The zero-order valence-corrected chi connectivity index (χ0v) is 8.43. The molecule has 0 atom stereocenters. The van der Waals surface area contributed by atoms with E-state index in [1.165, 1.54) is 4.88 Å². The van der Waals surface area contributed by atoms with Crippen molar-refractivity contribution >= 4 is 11.3 Å². The lowest BCUT2D eigenvalue weighted by Crippen LogP contribution is -1.99. The maximum absolute atomic E-state index is 8.26. The van der Waals surface area contributed by atoms with Crippen molar-refractivity contribution in [1.82, 2.24) is 4.98 Å². The second-order valence-electron chi connectivity index (χ2n) is 2.63. The van der Waals surface area contributed by atoms with Crippen LogP contribution in [-0.2, 0) is 11.2 Å². The van der Waals surface area contributed by atoms with Gasteiger partial charge in [-0.05, 0) is 6.92 Å². The molecule has 0 radical (unpaired) electrons. The third kappa shape index (κ3) is 3.53. The van der Waals surface area contributed by atoms with Gasteiger partial charge in [0.2, 0.25) is 0 Å². The summed E-state index contributed by atoms with van der Waals surface area (Å²) in [6.45, 7) is 3.22. The fraction of sp³-hybridized carbons (Fsp3) is 0.556. The summed E-state index contributed by atoms with van der Waals surface area (Å²) in [5, 5.41) is 8.26. The highest BCUT2D eigenvalue weighted by Gasteiger charge is 2.00. The van der Waals surface area contributed by atoms with Crippen LogP contribution in [-0.4, -0.2) is 18.2 Å². The van der Waals surface area contributed by atoms with Crippen LogP contribution in [0.4, 0.5) is 0 Å². The molecule has 0 N–H and O–H groups in total. The lowest BCUT2D eigenvalue weighted by atomic mass is 10.3. The maximum atomic E-state index is 8.26. The smallest absolute Gasteiger partial charge is 0.0797 e. The number of aromatic nitrogens is 1. The van der Waals surface area contributed by atoms with Gasteiger partial charge in [-0.3, -0.25) is 0 Å². The van der Waals surface area contributed by atoms with Gasteiger partial charge >= 0.3 is 0 Å². The number of hydrogen-bond acceptors (Lipinski definition) is 4. The molecule has 0 unspecified atom stereocenters. The lowest BCUT2D eigenvalue weighted by molar-refractivity contribution is 0.143. The lowest BCUT2D eigenvalue weighted by Gasteiger charge is -1.99. The summed E-state index contributed by atoms with van der Waals surface area (Å²) >= 11 is 1.66. The van der Waals surface area contributed by atoms with Gasteiger partial charge in [0.25, 0.3) is 0 Å². The second-order valence-corrected chi connectivity index (χ2v) is 3.57. The molecule has 0 aliphatic carbocycles. The summed E-state index contributed by atoms with van der Waals surface area (Å²) in [5.74, 6) is 0. The molecular formula is C9H12N2OS. The van der Waals surface area contributed by atoms with Crippen molar-refractivity contribution in [3.05, 3.63) is 16.1 Å². The van der Waals surface area contributed by atoms with E-state index in [-0.39, 0.29) is 0 Å². The van der Waals surface area contributed by atoms with Gasteiger partial charge in [0.15, 0.2) is 0 Å². The van der Waals surface area contributed by atoms with Crippen molar-refractivity contribution in [3.63, 3.8) is 0 Å². The number of rotatable bonds is 5. The molecule has 1 aromatic heterocycles. The Morgan fingerprint density at radius 1 is 1.62 bits per heavy atom. The first kappa shape index (κ1) is 10.2. The molecule has 0 amide bonds. The first-order valence-electron chi connectivity index (χ1n) is 4.18. The minimum atomic E-state index is 0.474. The van der Waals surface area contributed by atoms with E-state index < -0.39 is 0 Å². The fourth-order valence-corrected chi connectivity index (χ4v) is 1.71. The molecule has 0 aromatic carbocycles. The summed E-state index contributed by atoms with van der Waals surface area (Å²) in [5.41, 5.74) is 2.94. The highest BCUT2D eigenvalue weighted by atomic mass is 32.1. The molecule has 3 nitrogen and oxygen atoms in total. The standard InChI is InChI=1S/C9H12N2OS/c1-8-9(13-7-11-8)3-6-12-5-2-4-10/h7H,2-3,5-6H2,1H3. The van der Waals surface area contributed by atoms with Crippen LogP contribution in [0, 0.1) is 18.3 Å². The van der Waals surface area contributed by atoms with Crippen LogP contribution >= 0.6 is 11.3 Å². The Labute approximate surface area is 82.0 Å². The molecular weight excluding hydrogens is 184 g/mol. The van der Waals surface area contributed by atoms with Gasteiger partial charge in [-0.1, -0.05) is 0 Å². The van der Waals surface area contributed by atoms with E-state index in [1.807, 2.05) is 18.5 Å². The van der Waals surface area contributed by atoms with Crippen molar-refractivity contribution < 1.29 is 4.74 Å². The second kappa shape index (κ2) is 5.68. The Kier molecular flexibility index (Phi) is 4.44. The van der Waals surface area contributed by atoms with Gasteiger partial charge in [-0.2, -0.15) is 5.26 Å². The Morgan fingerprint density at radius 2 is 2.46 bits per heavy atom. The van der Waals surface area contributed by atoms with Gasteiger partial charge in [-0.25, -0.2) is 4.98 Å². The van der Waals surface area contributed by atoms with Crippen LogP contribution in [0.5, 0.6) is 0 Å². The molecule has 1 heterocycles. The molecule has 1 rings (SSSR count). The Morgan fingerprint density at radius 3 is 3.08 bits per heavy atom. The average Bonchev–Trinajstić information content (AvgIpc) is 2.52. The highest BCUT2D eigenvalue weighted by Crippen LogP contribution is 2.12. The molecule has 1 aromatic rings. The van der Waals surface area contributed by atoms with Crippen LogP contribution in [0.15, 0.2) is 5.51 Å². The van der Waals surface area contributed by atoms with E-state index in [4.69, 9.17) is 10.00 Å². The van der Waals surface area contributed by atoms with Crippen molar-refractivity contribution in [2.45, 2.75) is 19.8 Å². The summed E-state index contributed by atoms with van der Waals surface area (Å²) in [7, 11) is 0. The third-order valence-electron chi connectivity index (χ3n) is 1.68. The molecule has 0 bridgehead atoms. The van der Waals surface area contributed by atoms with E-state index in [1.54, 1.807) is 11.3 Å². The quantitative estimate of drug-likeness (QED) is 0.676. The normalized spacial score (nSPS) is 9.85. The number of thiazole rings is 1. The van der Waals surface area contributed by atoms with E-state index in [2.05, 4.69) is 4.98 Å². The van der Waals surface area contributed by atoms with E-state index in [9.17, 15) is 0 Å². The minimum absolute atomic E-state index is 0.474. The summed E-state index contributed by atoms with van der Waals surface area (Å²) in [6.07, 6.45) is 1.38. The van der Waals surface area contributed by atoms with Gasteiger partial charge < -0.3 is 4.74 Å². The van der Waals surface area contributed by atoms with Crippen LogP contribution in [0.2, 0.25) is 0 Å². The number of aryl methyl sites for hydroxylation is 1. The Bertz CT molecular complexity index is 290. The zero-order chi connectivity index (χ0) is 9.52. The van der Waals surface area contributed by atoms with E-state index in [0.29, 0.717) is 19.6 Å². The van der Waals surface area contributed by atoms with Crippen molar-refractivity contribution in [1.29, 1.82) is 5.26 Å². The first-order chi connectivity index (χ1) is 6.34. The van der Waals surface area contributed by atoms with Gasteiger partial charge in [0.05, 0.1) is 36.9 Å². The first-order valence-corrected chi connectivity index (χ1v) is 5.06. The van der Waals surface area contributed by atoms with Gasteiger partial charge in [0.1, 0.15) is 0 Å².